The van der Waals surface area contributed by atoms with Gasteiger partial charge in [0.1, 0.15) is 11.9 Å². The van der Waals surface area contributed by atoms with Crippen molar-refractivity contribution >= 4 is 22.6 Å². The number of rotatable bonds is 8. The van der Waals surface area contributed by atoms with E-state index < -0.39 is 6.04 Å². The molecule has 1 aromatic heterocycles. The molecule has 2 atom stereocenters. The smallest absolute Gasteiger partial charge is 0.237 e. The molecule has 1 fully saturated rings. The van der Waals surface area contributed by atoms with Crippen LogP contribution in [0.25, 0.3) is 22.0 Å². The summed E-state index contributed by atoms with van der Waals surface area (Å²) in [6.07, 6.45) is 3.56. The summed E-state index contributed by atoms with van der Waals surface area (Å²) < 4.78 is 16.1. The van der Waals surface area contributed by atoms with Crippen molar-refractivity contribution in [3.63, 3.8) is 0 Å². The second-order valence-corrected chi connectivity index (χ2v) is 10.6. The molecule has 0 aliphatic carbocycles. The van der Waals surface area contributed by atoms with Gasteiger partial charge in [0.25, 0.3) is 0 Å². The Morgan fingerprint density at radius 2 is 1.82 bits per heavy atom. The molecule has 1 aliphatic heterocycles. The van der Waals surface area contributed by atoms with Crippen LogP contribution in [0.3, 0.4) is 0 Å². The molecule has 4 aromatic rings. The van der Waals surface area contributed by atoms with Gasteiger partial charge in [0.05, 0.1) is 6.04 Å². The standard InChI is InChI=1S/C32H34FN3O2/c1-19(2)23-12-13-24(29(30(23)33)21-8-5-4-6-9-21)31(36-32(38)27-10-7-15-34-27)28(37)17-22-18-35-26-14-11-20(3)16-25(22)26/h4-6,8-9,11-14,16,18-19,27,31,34-35H,7,10,15,17H2,1-3H3,(H,36,38). The average Bonchev–Trinajstić information content (AvgIpc) is 3.58. The number of Topliss-reactive ketones (excluding diaryl/α,β-unsaturated/α-hetero) is 1. The van der Waals surface area contributed by atoms with E-state index in [2.05, 4.69) is 21.7 Å². The molecular weight excluding hydrogens is 477 g/mol. The molecule has 5 rings (SSSR count). The van der Waals surface area contributed by atoms with E-state index in [1.165, 1.54) is 0 Å². The maximum Gasteiger partial charge on any atom is 0.237 e. The van der Waals surface area contributed by atoms with Crippen LogP contribution < -0.4 is 10.6 Å². The number of aryl methyl sites for hydroxylation is 1. The summed E-state index contributed by atoms with van der Waals surface area (Å²) in [6.45, 7) is 6.67. The van der Waals surface area contributed by atoms with Crippen LogP contribution in [0.4, 0.5) is 4.39 Å². The fraction of sp³-hybridized carbons (Fsp3) is 0.312. The minimum atomic E-state index is -0.995. The number of amides is 1. The number of aromatic amines is 1. The van der Waals surface area contributed by atoms with Gasteiger partial charge in [-0.25, -0.2) is 4.39 Å². The Labute approximate surface area is 222 Å². The summed E-state index contributed by atoms with van der Waals surface area (Å²) in [5, 5.41) is 7.19. The van der Waals surface area contributed by atoms with Crippen LogP contribution >= 0.6 is 0 Å². The minimum Gasteiger partial charge on any atom is -0.361 e. The third-order valence-electron chi connectivity index (χ3n) is 7.47. The molecule has 2 unspecified atom stereocenters. The van der Waals surface area contributed by atoms with E-state index in [-0.39, 0.29) is 35.9 Å². The summed E-state index contributed by atoms with van der Waals surface area (Å²) in [6, 6.07) is 17.5. The fourth-order valence-electron chi connectivity index (χ4n) is 5.40. The van der Waals surface area contributed by atoms with Crippen molar-refractivity contribution in [1.82, 2.24) is 15.6 Å². The summed E-state index contributed by atoms with van der Waals surface area (Å²) in [7, 11) is 0. The number of aromatic nitrogens is 1. The first kappa shape index (κ1) is 25.9. The van der Waals surface area contributed by atoms with Crippen LogP contribution in [-0.4, -0.2) is 29.3 Å². The lowest BCUT2D eigenvalue weighted by Crippen LogP contribution is -2.44. The molecule has 3 N–H and O–H groups in total. The Kier molecular flexibility index (Phi) is 7.43. The van der Waals surface area contributed by atoms with Gasteiger partial charge in [-0.3, -0.25) is 9.59 Å². The van der Waals surface area contributed by atoms with Gasteiger partial charge < -0.3 is 15.6 Å². The van der Waals surface area contributed by atoms with E-state index in [1.54, 1.807) is 6.07 Å². The monoisotopic (exact) mass is 511 g/mol. The highest BCUT2D eigenvalue weighted by Crippen LogP contribution is 2.36. The SMILES string of the molecule is Cc1ccc2[nH]cc(CC(=O)C(NC(=O)C3CCCN3)c3ccc(C(C)C)c(F)c3-c3ccccc3)c2c1. The van der Waals surface area contributed by atoms with E-state index in [4.69, 9.17) is 0 Å². The largest absolute Gasteiger partial charge is 0.361 e. The highest BCUT2D eigenvalue weighted by Gasteiger charge is 2.32. The Balaban J connectivity index is 1.60. The molecule has 0 spiro atoms. The van der Waals surface area contributed by atoms with Crippen molar-refractivity contribution in [1.29, 1.82) is 0 Å². The normalized spacial score (nSPS) is 16.2. The quantitative estimate of drug-likeness (QED) is 0.267. The Morgan fingerprint density at radius 1 is 1.05 bits per heavy atom. The van der Waals surface area contributed by atoms with E-state index in [0.29, 0.717) is 28.7 Å². The molecule has 0 radical (unpaired) electrons. The van der Waals surface area contributed by atoms with Gasteiger partial charge in [-0.2, -0.15) is 0 Å². The number of hydrogen-bond donors (Lipinski definition) is 3. The first-order valence-electron chi connectivity index (χ1n) is 13.3. The zero-order chi connectivity index (χ0) is 26.8. The number of H-pyrrole nitrogens is 1. The minimum absolute atomic E-state index is 0.0348. The van der Waals surface area contributed by atoms with Crippen LogP contribution in [-0.2, 0) is 16.0 Å². The number of benzene rings is 3. The predicted octanol–water partition coefficient (Wildman–Crippen LogP) is 6.13. The molecule has 2 heterocycles. The predicted molar refractivity (Wildman–Crippen MR) is 150 cm³/mol. The molecule has 3 aromatic carbocycles. The molecule has 6 heteroatoms. The summed E-state index contributed by atoms with van der Waals surface area (Å²) in [5.41, 5.74) is 5.00. The van der Waals surface area contributed by atoms with Crippen molar-refractivity contribution in [3.05, 3.63) is 94.9 Å². The van der Waals surface area contributed by atoms with E-state index >= 15 is 4.39 Å². The lowest BCUT2D eigenvalue weighted by atomic mass is 9.86. The van der Waals surface area contributed by atoms with Crippen molar-refractivity contribution < 1.29 is 14.0 Å². The van der Waals surface area contributed by atoms with E-state index in [0.717, 1.165) is 35.0 Å². The fourth-order valence-corrected chi connectivity index (χ4v) is 5.40. The second kappa shape index (κ2) is 10.9. The summed E-state index contributed by atoms with van der Waals surface area (Å²) >= 11 is 0. The highest BCUT2D eigenvalue weighted by molar-refractivity contribution is 5.97. The molecular formula is C32H34FN3O2. The van der Waals surface area contributed by atoms with Gasteiger partial charge in [-0.05, 0) is 66.6 Å². The van der Waals surface area contributed by atoms with Gasteiger partial charge in [-0.1, -0.05) is 67.9 Å². The van der Waals surface area contributed by atoms with E-state index in [1.807, 2.05) is 75.5 Å². The molecule has 5 nitrogen and oxygen atoms in total. The number of fused-ring (bicyclic) bond motifs is 1. The Hall–Kier alpha value is -3.77. The van der Waals surface area contributed by atoms with Crippen LogP contribution in [0, 0.1) is 12.7 Å². The average molecular weight is 512 g/mol. The number of carbonyl (C=O) groups is 2. The first-order chi connectivity index (χ1) is 18.3. The topological polar surface area (TPSA) is 74.0 Å². The Bertz CT molecular complexity index is 1470. The lowest BCUT2D eigenvalue weighted by molar-refractivity contribution is -0.128. The third-order valence-corrected chi connectivity index (χ3v) is 7.47. The molecule has 0 bridgehead atoms. The molecule has 196 valence electrons. The molecule has 1 amide bonds. The number of hydrogen-bond acceptors (Lipinski definition) is 3. The van der Waals surface area contributed by atoms with Crippen molar-refractivity contribution in [3.8, 4) is 11.1 Å². The van der Waals surface area contributed by atoms with E-state index in [9.17, 15) is 9.59 Å². The molecule has 38 heavy (non-hydrogen) atoms. The number of halogens is 1. The van der Waals surface area contributed by atoms with Crippen molar-refractivity contribution in [2.24, 2.45) is 0 Å². The van der Waals surface area contributed by atoms with Gasteiger partial charge in [0.15, 0.2) is 5.78 Å². The van der Waals surface area contributed by atoms with Gasteiger partial charge >= 0.3 is 0 Å². The third kappa shape index (κ3) is 5.14. The van der Waals surface area contributed by atoms with Crippen molar-refractivity contribution in [2.45, 2.75) is 58.0 Å². The van der Waals surface area contributed by atoms with Crippen LogP contribution in [0.1, 0.15) is 60.9 Å². The summed E-state index contributed by atoms with van der Waals surface area (Å²) in [5.74, 6) is -0.805. The van der Waals surface area contributed by atoms with Crippen LogP contribution in [0.5, 0.6) is 0 Å². The van der Waals surface area contributed by atoms with Gasteiger partial charge in [-0.15, -0.1) is 0 Å². The maximum atomic E-state index is 16.1. The summed E-state index contributed by atoms with van der Waals surface area (Å²) in [4.78, 5) is 30.5. The van der Waals surface area contributed by atoms with Crippen LogP contribution in [0.2, 0.25) is 0 Å². The molecule has 1 aliphatic rings. The van der Waals surface area contributed by atoms with Crippen molar-refractivity contribution in [2.75, 3.05) is 6.54 Å². The van der Waals surface area contributed by atoms with Crippen LogP contribution in [0.15, 0.2) is 66.9 Å². The van der Waals surface area contributed by atoms with Gasteiger partial charge in [0, 0.05) is 29.1 Å². The lowest BCUT2D eigenvalue weighted by Gasteiger charge is -2.25. The highest BCUT2D eigenvalue weighted by atomic mass is 19.1. The number of ketones is 1. The second-order valence-electron chi connectivity index (χ2n) is 10.6. The van der Waals surface area contributed by atoms with Gasteiger partial charge in [0.2, 0.25) is 5.91 Å². The zero-order valence-corrected chi connectivity index (χ0v) is 22.1. The number of carbonyl (C=O) groups excluding carboxylic acids is 2. The number of nitrogens with one attached hydrogen (secondary N) is 3. The first-order valence-corrected chi connectivity index (χ1v) is 13.3. The zero-order valence-electron chi connectivity index (χ0n) is 22.1. The maximum absolute atomic E-state index is 16.1. The molecule has 0 saturated carbocycles. The molecule has 1 saturated heterocycles. The Morgan fingerprint density at radius 3 is 2.53 bits per heavy atom.